The molecule has 0 bridgehead atoms. The third kappa shape index (κ3) is 3.38. The molecule has 3 aromatic rings. The predicted octanol–water partition coefficient (Wildman–Crippen LogP) is 4.12. The Labute approximate surface area is 127 Å². The lowest BCUT2D eigenvalue weighted by molar-refractivity contribution is 0.413. The van der Waals surface area contributed by atoms with E-state index < -0.39 is 0 Å². The molecule has 0 aliphatic heterocycles. The predicted molar refractivity (Wildman–Crippen MR) is 81.6 cm³/mol. The standard InChI is InChI=1S/C16H13N3OS/c1-12-8-11-17-15(20-16-18-9-5-10-19-16)14(12)21-13-6-3-2-4-7-13/h2-11H,1H3. The Morgan fingerprint density at radius 2 is 1.62 bits per heavy atom. The molecule has 0 aliphatic carbocycles. The summed E-state index contributed by atoms with van der Waals surface area (Å²) in [6, 6.07) is 14.1. The molecule has 3 rings (SSSR count). The smallest absolute Gasteiger partial charge is 0.323 e. The van der Waals surface area contributed by atoms with E-state index in [9.17, 15) is 0 Å². The van der Waals surface area contributed by atoms with Crippen LogP contribution in [0, 0.1) is 6.92 Å². The molecule has 0 aliphatic rings. The monoisotopic (exact) mass is 295 g/mol. The third-order valence-electron chi connectivity index (χ3n) is 2.76. The Balaban J connectivity index is 1.92. The number of aromatic nitrogens is 3. The molecule has 21 heavy (non-hydrogen) atoms. The van der Waals surface area contributed by atoms with Crippen LogP contribution in [0.2, 0.25) is 0 Å². The fourth-order valence-electron chi connectivity index (χ4n) is 1.75. The SMILES string of the molecule is Cc1ccnc(Oc2ncccn2)c1Sc1ccccc1. The Morgan fingerprint density at radius 1 is 0.857 bits per heavy atom. The number of rotatable bonds is 4. The van der Waals surface area contributed by atoms with Crippen LogP contribution in [0.4, 0.5) is 0 Å². The average molecular weight is 295 g/mol. The number of benzene rings is 1. The summed E-state index contributed by atoms with van der Waals surface area (Å²) in [5, 5.41) is 0. The number of pyridine rings is 1. The topological polar surface area (TPSA) is 47.9 Å². The van der Waals surface area contributed by atoms with Crippen LogP contribution in [-0.2, 0) is 0 Å². The van der Waals surface area contributed by atoms with Gasteiger partial charge in [0.25, 0.3) is 0 Å². The summed E-state index contributed by atoms with van der Waals surface area (Å²) in [5.41, 5.74) is 1.10. The zero-order valence-corrected chi connectivity index (χ0v) is 12.2. The van der Waals surface area contributed by atoms with E-state index in [1.54, 1.807) is 36.4 Å². The molecule has 0 radical (unpaired) electrons. The number of nitrogens with zero attached hydrogens (tertiary/aromatic N) is 3. The van der Waals surface area contributed by atoms with Gasteiger partial charge in [-0.2, -0.15) is 0 Å². The maximum Gasteiger partial charge on any atom is 0.323 e. The van der Waals surface area contributed by atoms with Crippen LogP contribution in [-0.4, -0.2) is 15.0 Å². The van der Waals surface area contributed by atoms with E-state index in [0.717, 1.165) is 15.4 Å². The van der Waals surface area contributed by atoms with Gasteiger partial charge in [-0.3, -0.25) is 0 Å². The van der Waals surface area contributed by atoms with Crippen molar-refractivity contribution < 1.29 is 4.74 Å². The van der Waals surface area contributed by atoms with Crippen molar-refractivity contribution in [2.24, 2.45) is 0 Å². The molecule has 0 saturated carbocycles. The van der Waals surface area contributed by atoms with E-state index in [1.807, 2.05) is 31.2 Å². The van der Waals surface area contributed by atoms with Crippen molar-refractivity contribution in [3.63, 3.8) is 0 Å². The van der Waals surface area contributed by atoms with Crippen molar-refractivity contribution in [1.29, 1.82) is 0 Å². The van der Waals surface area contributed by atoms with Crippen molar-refractivity contribution in [3.05, 3.63) is 66.6 Å². The summed E-state index contributed by atoms with van der Waals surface area (Å²) >= 11 is 1.62. The Bertz CT molecular complexity index is 720. The quantitative estimate of drug-likeness (QED) is 0.724. The zero-order chi connectivity index (χ0) is 14.5. The second-order valence-corrected chi connectivity index (χ2v) is 5.39. The van der Waals surface area contributed by atoms with Crippen LogP contribution >= 0.6 is 11.8 Å². The van der Waals surface area contributed by atoms with E-state index in [0.29, 0.717) is 11.9 Å². The lowest BCUT2D eigenvalue weighted by atomic mass is 10.3. The van der Waals surface area contributed by atoms with Crippen LogP contribution in [0.1, 0.15) is 5.56 Å². The van der Waals surface area contributed by atoms with Gasteiger partial charge in [-0.15, -0.1) is 0 Å². The number of ether oxygens (including phenoxy) is 1. The van der Waals surface area contributed by atoms with Gasteiger partial charge in [0.05, 0.1) is 4.90 Å². The fourth-order valence-corrected chi connectivity index (χ4v) is 2.69. The van der Waals surface area contributed by atoms with E-state index in [2.05, 4.69) is 27.1 Å². The molecule has 0 atom stereocenters. The molecule has 0 fully saturated rings. The lowest BCUT2D eigenvalue weighted by Crippen LogP contribution is -1.96. The molecular formula is C16H13N3OS. The first kappa shape index (κ1) is 13.6. The highest BCUT2D eigenvalue weighted by atomic mass is 32.2. The maximum atomic E-state index is 5.71. The van der Waals surface area contributed by atoms with Crippen molar-refractivity contribution in [3.8, 4) is 11.9 Å². The summed E-state index contributed by atoms with van der Waals surface area (Å²) in [4.78, 5) is 14.5. The molecule has 5 heteroatoms. The first-order chi connectivity index (χ1) is 10.3. The molecule has 0 amide bonds. The van der Waals surface area contributed by atoms with Gasteiger partial charge in [0.15, 0.2) is 0 Å². The third-order valence-corrected chi connectivity index (χ3v) is 3.97. The molecule has 2 aromatic heterocycles. The van der Waals surface area contributed by atoms with Crippen molar-refractivity contribution in [2.45, 2.75) is 16.7 Å². The Morgan fingerprint density at radius 3 is 2.38 bits per heavy atom. The highest BCUT2D eigenvalue weighted by Gasteiger charge is 2.12. The number of hydrogen-bond acceptors (Lipinski definition) is 5. The summed E-state index contributed by atoms with van der Waals surface area (Å²) in [6.45, 7) is 2.03. The molecule has 4 nitrogen and oxygen atoms in total. The Kier molecular flexibility index (Phi) is 4.12. The first-order valence-corrected chi connectivity index (χ1v) is 7.28. The van der Waals surface area contributed by atoms with Crippen LogP contribution in [0.25, 0.3) is 0 Å². The summed E-state index contributed by atoms with van der Waals surface area (Å²) in [6.07, 6.45) is 5.01. The maximum absolute atomic E-state index is 5.71. The Hall–Kier alpha value is -2.40. The van der Waals surface area contributed by atoms with Gasteiger partial charge in [-0.05, 0) is 36.8 Å². The molecule has 0 unspecified atom stereocenters. The normalized spacial score (nSPS) is 10.3. The van der Waals surface area contributed by atoms with Crippen molar-refractivity contribution >= 4 is 11.8 Å². The second kappa shape index (κ2) is 6.37. The summed E-state index contributed by atoms with van der Waals surface area (Å²) in [5.74, 6) is 0.523. The minimum absolute atomic E-state index is 0.297. The van der Waals surface area contributed by atoms with E-state index >= 15 is 0 Å². The largest absolute Gasteiger partial charge is 0.404 e. The van der Waals surface area contributed by atoms with Gasteiger partial charge < -0.3 is 4.74 Å². The first-order valence-electron chi connectivity index (χ1n) is 6.46. The van der Waals surface area contributed by atoms with Crippen molar-refractivity contribution in [1.82, 2.24) is 15.0 Å². The summed E-state index contributed by atoms with van der Waals surface area (Å²) < 4.78 is 5.71. The molecule has 0 spiro atoms. The lowest BCUT2D eigenvalue weighted by Gasteiger charge is -2.10. The minimum atomic E-state index is 0.297. The highest BCUT2D eigenvalue weighted by molar-refractivity contribution is 7.99. The molecule has 0 N–H and O–H groups in total. The summed E-state index contributed by atoms with van der Waals surface area (Å²) in [7, 11) is 0. The van der Waals surface area contributed by atoms with E-state index in [1.165, 1.54) is 0 Å². The van der Waals surface area contributed by atoms with Crippen LogP contribution in [0.5, 0.6) is 11.9 Å². The van der Waals surface area contributed by atoms with E-state index in [-0.39, 0.29) is 0 Å². The highest BCUT2D eigenvalue weighted by Crippen LogP contribution is 2.37. The fraction of sp³-hybridized carbons (Fsp3) is 0.0625. The zero-order valence-electron chi connectivity index (χ0n) is 11.4. The van der Waals surface area contributed by atoms with Gasteiger partial charge in [0.2, 0.25) is 5.88 Å². The molecule has 0 saturated heterocycles. The average Bonchev–Trinajstić information content (AvgIpc) is 2.53. The molecule has 1 aromatic carbocycles. The van der Waals surface area contributed by atoms with Gasteiger partial charge in [-0.25, -0.2) is 15.0 Å². The molecule has 2 heterocycles. The van der Waals surface area contributed by atoms with Crippen LogP contribution in [0.3, 0.4) is 0 Å². The second-order valence-electron chi connectivity index (χ2n) is 4.31. The van der Waals surface area contributed by atoms with Gasteiger partial charge in [0.1, 0.15) is 0 Å². The molecule has 104 valence electrons. The molecular weight excluding hydrogens is 282 g/mol. The van der Waals surface area contributed by atoms with Gasteiger partial charge in [-0.1, -0.05) is 30.0 Å². The van der Waals surface area contributed by atoms with Gasteiger partial charge >= 0.3 is 6.01 Å². The van der Waals surface area contributed by atoms with Crippen LogP contribution < -0.4 is 4.74 Å². The number of aryl methyl sites for hydroxylation is 1. The van der Waals surface area contributed by atoms with Crippen LogP contribution in [0.15, 0.2) is 70.8 Å². The number of hydrogen-bond donors (Lipinski definition) is 0. The van der Waals surface area contributed by atoms with E-state index in [4.69, 9.17) is 4.74 Å². The van der Waals surface area contributed by atoms with Gasteiger partial charge in [0, 0.05) is 23.5 Å². The minimum Gasteiger partial charge on any atom is -0.404 e. The van der Waals surface area contributed by atoms with Crippen molar-refractivity contribution in [2.75, 3.05) is 0 Å².